The van der Waals surface area contributed by atoms with E-state index in [9.17, 15) is 9.18 Å². The summed E-state index contributed by atoms with van der Waals surface area (Å²) in [6.07, 6.45) is 1.46. The summed E-state index contributed by atoms with van der Waals surface area (Å²) in [7, 11) is 1.87. The molecule has 2 heterocycles. The second-order valence-corrected chi connectivity index (χ2v) is 7.42. The number of amides is 1. The molecule has 0 saturated carbocycles. The molecule has 0 unspecified atom stereocenters. The summed E-state index contributed by atoms with van der Waals surface area (Å²) in [5.74, 6) is -0.177. The Bertz CT molecular complexity index is 725. The number of hydrogen-bond acceptors (Lipinski definition) is 3. The molecule has 1 aliphatic rings. The number of carbonyl (C=O) groups excluding carboxylic acids is 1. The normalized spacial score (nSPS) is 20.8. The van der Waals surface area contributed by atoms with Crippen LogP contribution in [0.2, 0.25) is 0 Å². The maximum absolute atomic E-state index is 13.1. The van der Waals surface area contributed by atoms with E-state index in [-0.39, 0.29) is 23.9 Å². The van der Waals surface area contributed by atoms with Gasteiger partial charge < -0.3 is 9.64 Å². The van der Waals surface area contributed by atoms with Crippen molar-refractivity contribution in [3.8, 4) is 0 Å². The molecule has 0 N–H and O–H groups in total. The molecule has 1 fully saturated rings. The van der Waals surface area contributed by atoms with Crippen LogP contribution in [-0.2, 0) is 4.74 Å². The quantitative estimate of drug-likeness (QED) is 0.818. The van der Waals surface area contributed by atoms with Crippen molar-refractivity contribution in [3.05, 3.63) is 57.0 Å². The summed E-state index contributed by atoms with van der Waals surface area (Å²) in [6.45, 7) is 4.64. The van der Waals surface area contributed by atoms with Crippen LogP contribution in [0.5, 0.6) is 0 Å². The molecule has 0 bridgehead atoms. The van der Waals surface area contributed by atoms with E-state index in [1.165, 1.54) is 17.0 Å². The van der Waals surface area contributed by atoms with Gasteiger partial charge in [0, 0.05) is 30.0 Å². The van der Waals surface area contributed by atoms with Gasteiger partial charge in [-0.15, -0.1) is 11.3 Å². The Kier molecular flexibility index (Phi) is 5.01. The van der Waals surface area contributed by atoms with Gasteiger partial charge in [-0.25, -0.2) is 4.39 Å². The van der Waals surface area contributed by atoms with E-state index >= 15 is 0 Å². The molecule has 1 aromatic heterocycles. The largest absolute Gasteiger partial charge is 0.373 e. The summed E-state index contributed by atoms with van der Waals surface area (Å²) in [4.78, 5) is 15.8. The molecule has 5 heteroatoms. The van der Waals surface area contributed by atoms with Crippen molar-refractivity contribution >= 4 is 17.2 Å². The van der Waals surface area contributed by atoms with Crippen molar-refractivity contribution in [2.75, 3.05) is 13.7 Å². The van der Waals surface area contributed by atoms with Gasteiger partial charge in [0.25, 0.3) is 5.91 Å². The molecule has 3 rings (SSSR count). The first-order chi connectivity index (χ1) is 11.5. The van der Waals surface area contributed by atoms with Crippen molar-refractivity contribution in [2.24, 2.45) is 0 Å². The van der Waals surface area contributed by atoms with E-state index in [2.05, 4.69) is 0 Å². The number of benzene rings is 1. The predicted molar refractivity (Wildman–Crippen MR) is 94.0 cm³/mol. The molecule has 2 aromatic rings. The summed E-state index contributed by atoms with van der Waals surface area (Å²) in [5, 5.41) is 1.94. The number of nitrogens with zero attached hydrogens (tertiary/aromatic N) is 1. The third-order valence-electron chi connectivity index (χ3n) is 4.88. The smallest absolute Gasteiger partial charge is 0.254 e. The topological polar surface area (TPSA) is 29.5 Å². The lowest BCUT2D eigenvalue weighted by Crippen LogP contribution is -2.41. The van der Waals surface area contributed by atoms with E-state index < -0.39 is 0 Å². The van der Waals surface area contributed by atoms with E-state index in [1.54, 1.807) is 23.5 Å². The SMILES string of the molecule is Cc1scc(C(=O)N(C)[C@@H]2CCO[C@@H](c3ccc(F)cc3)C2)c1C. The summed E-state index contributed by atoms with van der Waals surface area (Å²) < 4.78 is 18.9. The van der Waals surface area contributed by atoms with Crippen LogP contribution in [0, 0.1) is 19.7 Å². The zero-order valence-corrected chi connectivity index (χ0v) is 15.0. The van der Waals surface area contributed by atoms with Gasteiger partial charge in [0.15, 0.2) is 0 Å². The lowest BCUT2D eigenvalue weighted by molar-refractivity contribution is -0.0197. The highest BCUT2D eigenvalue weighted by molar-refractivity contribution is 7.10. The third kappa shape index (κ3) is 3.37. The second-order valence-electron chi connectivity index (χ2n) is 6.34. The predicted octanol–water partition coefficient (Wildman–Crippen LogP) is 4.50. The average molecular weight is 347 g/mol. The zero-order chi connectivity index (χ0) is 17.3. The molecule has 1 aromatic carbocycles. The molecular weight excluding hydrogens is 325 g/mol. The van der Waals surface area contributed by atoms with Gasteiger partial charge in [0.2, 0.25) is 0 Å². The minimum absolute atomic E-state index is 0.0709. The maximum Gasteiger partial charge on any atom is 0.254 e. The highest BCUT2D eigenvalue weighted by Gasteiger charge is 2.30. The first kappa shape index (κ1) is 17.1. The second kappa shape index (κ2) is 7.03. The molecule has 1 amide bonds. The first-order valence-electron chi connectivity index (χ1n) is 8.16. The van der Waals surface area contributed by atoms with Gasteiger partial charge in [-0.1, -0.05) is 12.1 Å². The standard InChI is InChI=1S/C19H22FNO2S/c1-12-13(2)24-11-17(12)19(22)21(3)16-8-9-23-18(10-16)14-4-6-15(20)7-5-14/h4-7,11,16,18H,8-10H2,1-3H3/t16-,18-/m1/s1. The Labute approximate surface area is 146 Å². The van der Waals surface area contributed by atoms with Gasteiger partial charge in [-0.2, -0.15) is 0 Å². The van der Waals surface area contributed by atoms with Crippen LogP contribution in [0.1, 0.15) is 45.3 Å². The van der Waals surface area contributed by atoms with Gasteiger partial charge in [0.1, 0.15) is 5.82 Å². The molecule has 0 aliphatic carbocycles. The highest BCUT2D eigenvalue weighted by Crippen LogP contribution is 2.31. The highest BCUT2D eigenvalue weighted by atomic mass is 32.1. The monoisotopic (exact) mass is 347 g/mol. The average Bonchev–Trinajstić information content (AvgIpc) is 2.93. The number of aryl methyl sites for hydroxylation is 1. The molecule has 1 aliphatic heterocycles. The van der Waals surface area contributed by atoms with Gasteiger partial charge >= 0.3 is 0 Å². The fourth-order valence-corrected chi connectivity index (χ4v) is 3.98. The minimum Gasteiger partial charge on any atom is -0.373 e. The lowest BCUT2D eigenvalue weighted by Gasteiger charge is -2.35. The Morgan fingerprint density at radius 3 is 2.62 bits per heavy atom. The van der Waals surface area contributed by atoms with Crippen LogP contribution in [-0.4, -0.2) is 30.5 Å². The fraction of sp³-hybridized carbons (Fsp3) is 0.421. The van der Waals surface area contributed by atoms with E-state index in [4.69, 9.17) is 4.74 Å². The van der Waals surface area contributed by atoms with Crippen molar-refractivity contribution in [2.45, 2.75) is 38.8 Å². The summed E-state index contributed by atoms with van der Waals surface area (Å²) in [5.41, 5.74) is 2.83. The molecule has 3 nitrogen and oxygen atoms in total. The Balaban J connectivity index is 1.73. The number of hydrogen-bond donors (Lipinski definition) is 0. The molecule has 24 heavy (non-hydrogen) atoms. The molecule has 128 valence electrons. The van der Waals surface area contributed by atoms with Gasteiger partial charge in [-0.05, 0) is 49.9 Å². The van der Waals surface area contributed by atoms with E-state index in [0.717, 1.165) is 29.5 Å². The van der Waals surface area contributed by atoms with Crippen LogP contribution in [0.4, 0.5) is 4.39 Å². The lowest BCUT2D eigenvalue weighted by atomic mass is 9.96. The van der Waals surface area contributed by atoms with E-state index in [0.29, 0.717) is 6.61 Å². The van der Waals surface area contributed by atoms with Gasteiger partial charge in [-0.3, -0.25) is 4.79 Å². The van der Waals surface area contributed by atoms with E-state index in [1.807, 2.05) is 31.2 Å². The maximum atomic E-state index is 13.1. The third-order valence-corrected chi connectivity index (χ3v) is 5.90. The Morgan fingerprint density at radius 1 is 1.29 bits per heavy atom. The Morgan fingerprint density at radius 2 is 2.00 bits per heavy atom. The number of carbonyl (C=O) groups is 1. The van der Waals surface area contributed by atoms with Crippen molar-refractivity contribution in [3.63, 3.8) is 0 Å². The Hall–Kier alpha value is -1.72. The van der Waals surface area contributed by atoms with Crippen LogP contribution >= 0.6 is 11.3 Å². The molecule has 1 saturated heterocycles. The zero-order valence-electron chi connectivity index (χ0n) is 14.2. The number of halogens is 1. The number of rotatable bonds is 3. The van der Waals surface area contributed by atoms with Gasteiger partial charge in [0.05, 0.1) is 11.7 Å². The van der Waals surface area contributed by atoms with Crippen LogP contribution in [0.25, 0.3) is 0 Å². The van der Waals surface area contributed by atoms with Crippen LogP contribution < -0.4 is 0 Å². The van der Waals surface area contributed by atoms with Crippen LogP contribution in [0.15, 0.2) is 29.6 Å². The molecule has 2 atom stereocenters. The molecule has 0 radical (unpaired) electrons. The summed E-state index contributed by atoms with van der Waals surface area (Å²) >= 11 is 1.61. The summed E-state index contributed by atoms with van der Waals surface area (Å²) in [6, 6.07) is 6.55. The van der Waals surface area contributed by atoms with Crippen LogP contribution in [0.3, 0.4) is 0 Å². The number of thiophene rings is 1. The number of ether oxygens (including phenoxy) is 1. The van der Waals surface area contributed by atoms with Crippen molar-refractivity contribution in [1.82, 2.24) is 4.90 Å². The minimum atomic E-state index is -0.248. The van der Waals surface area contributed by atoms with Crippen molar-refractivity contribution in [1.29, 1.82) is 0 Å². The molecular formula is C19H22FNO2S. The fourth-order valence-electron chi connectivity index (χ4n) is 3.12. The first-order valence-corrected chi connectivity index (χ1v) is 9.04. The van der Waals surface area contributed by atoms with Crippen molar-refractivity contribution < 1.29 is 13.9 Å². The molecule has 0 spiro atoms.